The zero-order chi connectivity index (χ0) is 19.4. The van der Waals surface area contributed by atoms with E-state index in [1.165, 1.54) is 0 Å². The first-order valence-electron chi connectivity index (χ1n) is 7.87. The van der Waals surface area contributed by atoms with Gasteiger partial charge in [-0.15, -0.1) is 0 Å². The molecule has 0 aliphatic heterocycles. The number of hydrogen-bond acceptors (Lipinski definition) is 5. The minimum Gasteiger partial charge on any atom is -0.456 e. The lowest BCUT2D eigenvalue weighted by Crippen LogP contribution is -2.20. The summed E-state index contributed by atoms with van der Waals surface area (Å²) in [6, 6.07) is 10.1. The molecule has 0 saturated carbocycles. The quantitative estimate of drug-likeness (QED) is 0.510. The third-order valence-corrected chi connectivity index (χ3v) is 4.51. The number of hydrogen-bond donors (Lipinski definition) is 1. The summed E-state index contributed by atoms with van der Waals surface area (Å²) >= 11 is 0.774. The molecule has 0 aliphatic rings. The number of halogens is 3. The van der Waals surface area contributed by atoms with Crippen LogP contribution in [0.25, 0.3) is 10.2 Å². The van der Waals surface area contributed by atoms with Gasteiger partial charge in [-0.25, -0.2) is 18.2 Å². The lowest BCUT2D eigenvalue weighted by atomic mass is 10.1. The second-order valence-corrected chi connectivity index (χ2v) is 6.58. The number of amides is 1. The molecular weight excluding hydrogens is 381 g/mol. The SMILES string of the molecule is O=C(COC(=O)CCc1ccccc1)Nc1nc2c(F)c(F)c(F)cc2s1. The van der Waals surface area contributed by atoms with Crippen molar-refractivity contribution in [2.75, 3.05) is 11.9 Å². The first-order valence-corrected chi connectivity index (χ1v) is 8.69. The highest BCUT2D eigenvalue weighted by molar-refractivity contribution is 7.22. The normalized spacial score (nSPS) is 10.8. The van der Waals surface area contributed by atoms with Crippen molar-refractivity contribution in [1.29, 1.82) is 0 Å². The smallest absolute Gasteiger partial charge is 0.306 e. The summed E-state index contributed by atoms with van der Waals surface area (Å²) in [7, 11) is 0. The monoisotopic (exact) mass is 394 g/mol. The minimum absolute atomic E-state index is 0.0431. The molecule has 0 atom stereocenters. The maximum absolute atomic E-state index is 13.6. The second kappa shape index (κ2) is 8.17. The highest BCUT2D eigenvalue weighted by atomic mass is 32.1. The molecule has 5 nitrogen and oxygen atoms in total. The van der Waals surface area contributed by atoms with Crippen LogP contribution >= 0.6 is 11.3 Å². The van der Waals surface area contributed by atoms with Crippen LogP contribution in [0.5, 0.6) is 0 Å². The Morgan fingerprint density at radius 2 is 1.85 bits per heavy atom. The minimum atomic E-state index is -1.63. The molecule has 140 valence electrons. The van der Waals surface area contributed by atoms with Crippen molar-refractivity contribution in [2.24, 2.45) is 0 Å². The number of benzene rings is 2. The molecule has 0 spiro atoms. The van der Waals surface area contributed by atoms with E-state index >= 15 is 0 Å². The van der Waals surface area contributed by atoms with Gasteiger partial charge in [-0.3, -0.25) is 14.9 Å². The summed E-state index contributed by atoms with van der Waals surface area (Å²) < 4.78 is 45.0. The fourth-order valence-corrected chi connectivity index (χ4v) is 3.20. The lowest BCUT2D eigenvalue weighted by molar-refractivity contribution is -0.147. The molecule has 0 saturated heterocycles. The molecule has 0 bridgehead atoms. The van der Waals surface area contributed by atoms with Crippen LogP contribution in [0.4, 0.5) is 18.3 Å². The van der Waals surface area contributed by atoms with Crippen LogP contribution in [0.3, 0.4) is 0 Å². The van der Waals surface area contributed by atoms with Gasteiger partial charge < -0.3 is 4.74 Å². The number of aryl methyl sites for hydroxylation is 1. The number of fused-ring (bicyclic) bond motifs is 1. The van der Waals surface area contributed by atoms with Crippen LogP contribution in [0.2, 0.25) is 0 Å². The van der Waals surface area contributed by atoms with Crippen LogP contribution in [0, 0.1) is 17.5 Å². The molecular formula is C18H13F3N2O3S. The van der Waals surface area contributed by atoms with Crippen LogP contribution in [-0.4, -0.2) is 23.5 Å². The van der Waals surface area contributed by atoms with E-state index in [1.54, 1.807) is 0 Å². The van der Waals surface area contributed by atoms with E-state index in [1.807, 2.05) is 30.3 Å². The number of aromatic nitrogens is 1. The van der Waals surface area contributed by atoms with Crippen molar-refractivity contribution in [1.82, 2.24) is 4.98 Å². The predicted molar refractivity (Wildman–Crippen MR) is 93.8 cm³/mol. The Morgan fingerprint density at radius 1 is 1.11 bits per heavy atom. The average molecular weight is 394 g/mol. The number of thiazole rings is 1. The van der Waals surface area contributed by atoms with E-state index < -0.39 is 35.9 Å². The molecule has 1 amide bonds. The van der Waals surface area contributed by atoms with Gasteiger partial charge in [-0.05, 0) is 18.1 Å². The van der Waals surface area contributed by atoms with E-state index in [9.17, 15) is 22.8 Å². The highest BCUT2D eigenvalue weighted by Gasteiger charge is 2.18. The molecule has 0 unspecified atom stereocenters. The lowest BCUT2D eigenvalue weighted by Gasteiger charge is -2.04. The predicted octanol–water partition coefficient (Wildman–Crippen LogP) is 3.83. The number of carbonyl (C=O) groups excluding carboxylic acids is 2. The Kier molecular flexibility index (Phi) is 5.70. The van der Waals surface area contributed by atoms with Crippen molar-refractivity contribution >= 4 is 38.6 Å². The Morgan fingerprint density at radius 3 is 2.59 bits per heavy atom. The number of ether oxygens (including phenoxy) is 1. The first-order chi connectivity index (χ1) is 12.9. The standard InChI is InChI=1S/C18H13F3N2O3S/c19-11-8-12-17(16(21)15(11)20)23-18(27-12)22-13(24)9-26-14(25)7-6-10-4-2-1-3-5-10/h1-5,8H,6-7,9H2,(H,22,23,24). The third kappa shape index (κ3) is 4.62. The zero-order valence-electron chi connectivity index (χ0n) is 13.8. The van der Waals surface area contributed by atoms with Gasteiger partial charge >= 0.3 is 5.97 Å². The van der Waals surface area contributed by atoms with Crippen molar-refractivity contribution in [3.05, 3.63) is 59.4 Å². The van der Waals surface area contributed by atoms with E-state index in [-0.39, 0.29) is 21.8 Å². The Labute approximate surface area is 155 Å². The summed E-state index contributed by atoms with van der Waals surface area (Å²) in [5.74, 6) is -5.63. The Balaban J connectivity index is 1.52. The van der Waals surface area contributed by atoms with Gasteiger partial charge in [-0.2, -0.15) is 0 Å². The molecule has 3 rings (SSSR count). The molecule has 27 heavy (non-hydrogen) atoms. The molecule has 0 fully saturated rings. The molecule has 3 aromatic rings. The number of rotatable bonds is 6. The van der Waals surface area contributed by atoms with Crippen molar-refractivity contribution < 1.29 is 27.5 Å². The van der Waals surface area contributed by atoms with E-state index in [2.05, 4.69) is 10.3 Å². The molecule has 2 aromatic carbocycles. The first kappa shape index (κ1) is 18.8. The third-order valence-electron chi connectivity index (χ3n) is 3.59. The molecule has 0 radical (unpaired) electrons. The van der Waals surface area contributed by atoms with Crippen molar-refractivity contribution in [3.63, 3.8) is 0 Å². The highest BCUT2D eigenvalue weighted by Crippen LogP contribution is 2.30. The van der Waals surface area contributed by atoms with Gasteiger partial charge in [-0.1, -0.05) is 41.7 Å². The number of carbonyl (C=O) groups is 2. The van der Waals surface area contributed by atoms with E-state index in [4.69, 9.17) is 4.74 Å². The number of esters is 1. The molecule has 1 aromatic heterocycles. The summed E-state index contributed by atoms with van der Waals surface area (Å²) in [4.78, 5) is 27.2. The topological polar surface area (TPSA) is 68.3 Å². The van der Waals surface area contributed by atoms with Crippen LogP contribution in [-0.2, 0) is 20.7 Å². The van der Waals surface area contributed by atoms with E-state index in [0.29, 0.717) is 6.42 Å². The average Bonchev–Trinajstić information content (AvgIpc) is 3.06. The van der Waals surface area contributed by atoms with Gasteiger partial charge in [0.1, 0.15) is 5.52 Å². The molecule has 0 aliphatic carbocycles. The Bertz CT molecular complexity index is 992. The molecule has 1 heterocycles. The van der Waals surface area contributed by atoms with Crippen LogP contribution in [0.1, 0.15) is 12.0 Å². The summed E-state index contributed by atoms with van der Waals surface area (Å²) in [5.41, 5.74) is 0.587. The van der Waals surface area contributed by atoms with Gasteiger partial charge in [0.25, 0.3) is 5.91 Å². The fourth-order valence-electron chi connectivity index (χ4n) is 2.29. The van der Waals surface area contributed by atoms with Crippen LogP contribution < -0.4 is 5.32 Å². The number of nitrogens with zero attached hydrogens (tertiary/aromatic N) is 1. The van der Waals surface area contributed by atoms with E-state index in [0.717, 1.165) is 23.0 Å². The molecule has 9 heteroatoms. The number of nitrogens with one attached hydrogen (secondary N) is 1. The van der Waals surface area contributed by atoms with Gasteiger partial charge in [0.15, 0.2) is 29.2 Å². The Hall–Kier alpha value is -2.94. The summed E-state index contributed by atoms with van der Waals surface area (Å²) in [6.07, 6.45) is 0.595. The summed E-state index contributed by atoms with van der Waals surface area (Å²) in [5, 5.41) is 2.25. The van der Waals surface area contributed by atoms with Gasteiger partial charge in [0.05, 0.1) is 4.70 Å². The molecule has 1 N–H and O–H groups in total. The number of anilines is 1. The summed E-state index contributed by atoms with van der Waals surface area (Å²) in [6.45, 7) is -0.547. The maximum Gasteiger partial charge on any atom is 0.306 e. The zero-order valence-corrected chi connectivity index (χ0v) is 14.6. The van der Waals surface area contributed by atoms with Crippen molar-refractivity contribution in [3.8, 4) is 0 Å². The second-order valence-electron chi connectivity index (χ2n) is 5.55. The van der Waals surface area contributed by atoms with Crippen molar-refractivity contribution in [2.45, 2.75) is 12.8 Å². The fraction of sp³-hybridized carbons (Fsp3) is 0.167. The van der Waals surface area contributed by atoms with Crippen LogP contribution in [0.15, 0.2) is 36.4 Å². The van der Waals surface area contributed by atoms with Gasteiger partial charge in [0.2, 0.25) is 0 Å². The maximum atomic E-state index is 13.6. The van der Waals surface area contributed by atoms with Gasteiger partial charge in [0, 0.05) is 6.42 Å². The largest absolute Gasteiger partial charge is 0.456 e.